The number of carbonyl (C=O) groups is 1. The summed E-state index contributed by atoms with van der Waals surface area (Å²) >= 11 is 1.81. The standard InChI is InChI=1S/C23H20N4S.C2H4O2/c24-9-3-7-20-18(6-4-10-25-20)16-11-17-14-26-27-23(17)19(12-16)22-13-15-5-1-2-8-21(15)28-22;1-2(3)4/h1-2,4-6,8,10-14H,3,7,9,24H2,(H,26,27);1H3,(H,3,4). The summed E-state index contributed by atoms with van der Waals surface area (Å²) in [5.41, 5.74) is 11.4. The number of nitrogens with two attached hydrogens (primary N) is 1. The smallest absolute Gasteiger partial charge is 0.300 e. The molecule has 3 aromatic heterocycles. The summed E-state index contributed by atoms with van der Waals surface area (Å²) in [6.07, 6.45) is 5.57. The molecule has 3 heterocycles. The van der Waals surface area contributed by atoms with Crippen molar-refractivity contribution in [3.63, 3.8) is 0 Å². The first kappa shape index (κ1) is 21.7. The van der Waals surface area contributed by atoms with Gasteiger partial charge >= 0.3 is 0 Å². The van der Waals surface area contributed by atoms with Crippen LogP contribution in [-0.4, -0.2) is 32.8 Å². The number of aromatic nitrogens is 3. The number of hydrogen-bond acceptors (Lipinski definition) is 5. The van der Waals surface area contributed by atoms with Gasteiger partial charge in [0.05, 0.1) is 11.7 Å². The second-order valence-corrected chi connectivity index (χ2v) is 8.50. The molecule has 0 aliphatic carbocycles. The molecule has 0 radical (unpaired) electrons. The van der Waals surface area contributed by atoms with Gasteiger partial charge in [0.2, 0.25) is 0 Å². The highest BCUT2D eigenvalue weighted by molar-refractivity contribution is 7.22. The number of aromatic amines is 1. The first-order valence-corrected chi connectivity index (χ1v) is 11.2. The molecule has 0 spiro atoms. The largest absolute Gasteiger partial charge is 0.481 e. The lowest BCUT2D eigenvalue weighted by atomic mass is 9.97. The maximum atomic E-state index is 9.00. The minimum absolute atomic E-state index is 0.670. The van der Waals surface area contributed by atoms with Crippen molar-refractivity contribution < 1.29 is 9.90 Å². The highest BCUT2D eigenvalue weighted by Gasteiger charge is 2.14. The number of benzene rings is 2. The Morgan fingerprint density at radius 2 is 1.91 bits per heavy atom. The highest BCUT2D eigenvalue weighted by atomic mass is 32.1. The monoisotopic (exact) mass is 444 g/mol. The maximum Gasteiger partial charge on any atom is 0.300 e. The second-order valence-electron chi connectivity index (χ2n) is 7.42. The number of carboxylic acids is 1. The fourth-order valence-corrected chi connectivity index (χ4v) is 4.78. The summed E-state index contributed by atoms with van der Waals surface area (Å²) in [6, 6.07) is 19.4. The summed E-state index contributed by atoms with van der Waals surface area (Å²) in [7, 11) is 0. The van der Waals surface area contributed by atoms with Crippen molar-refractivity contribution in [2.24, 2.45) is 5.73 Å². The Labute approximate surface area is 189 Å². The fraction of sp³-hybridized carbons (Fsp3) is 0.160. The van der Waals surface area contributed by atoms with Gasteiger partial charge in [-0.2, -0.15) is 5.10 Å². The minimum atomic E-state index is -0.833. The first-order valence-electron chi connectivity index (χ1n) is 10.4. The van der Waals surface area contributed by atoms with Gasteiger partial charge in [-0.1, -0.05) is 24.3 Å². The molecule has 5 rings (SSSR count). The molecule has 0 bridgehead atoms. The van der Waals surface area contributed by atoms with Crippen molar-refractivity contribution in [3.8, 4) is 21.6 Å². The average Bonchev–Trinajstić information content (AvgIpc) is 3.43. The molecule has 0 aliphatic rings. The summed E-state index contributed by atoms with van der Waals surface area (Å²) in [6.45, 7) is 1.75. The molecule has 4 N–H and O–H groups in total. The van der Waals surface area contributed by atoms with E-state index in [-0.39, 0.29) is 0 Å². The van der Waals surface area contributed by atoms with Crippen molar-refractivity contribution in [2.75, 3.05) is 6.54 Å². The number of aryl methyl sites for hydroxylation is 1. The van der Waals surface area contributed by atoms with E-state index in [1.165, 1.54) is 31.7 Å². The van der Waals surface area contributed by atoms with E-state index in [1.807, 2.05) is 29.8 Å². The number of H-pyrrole nitrogens is 1. The lowest BCUT2D eigenvalue weighted by Gasteiger charge is -2.10. The molecule has 5 aromatic rings. The summed E-state index contributed by atoms with van der Waals surface area (Å²) in [4.78, 5) is 14.9. The summed E-state index contributed by atoms with van der Waals surface area (Å²) in [5.74, 6) is -0.833. The molecule has 6 nitrogen and oxygen atoms in total. The third kappa shape index (κ3) is 4.69. The zero-order chi connectivity index (χ0) is 22.5. The van der Waals surface area contributed by atoms with Gasteiger partial charge in [-0.15, -0.1) is 11.3 Å². The Kier molecular flexibility index (Phi) is 6.58. The molecule has 0 saturated heterocycles. The Morgan fingerprint density at radius 1 is 1.09 bits per heavy atom. The zero-order valence-corrected chi connectivity index (χ0v) is 18.5. The minimum Gasteiger partial charge on any atom is -0.481 e. The maximum absolute atomic E-state index is 9.00. The number of nitrogens with zero attached hydrogens (tertiary/aromatic N) is 2. The molecule has 32 heavy (non-hydrogen) atoms. The number of nitrogens with one attached hydrogen (secondary N) is 1. The van der Waals surface area contributed by atoms with Crippen molar-refractivity contribution in [2.45, 2.75) is 19.8 Å². The molecule has 162 valence electrons. The van der Waals surface area contributed by atoms with E-state index >= 15 is 0 Å². The SMILES string of the molecule is CC(=O)O.NCCCc1ncccc1-c1cc(-c2cc3ccccc3s2)c2[nH]ncc2c1. The van der Waals surface area contributed by atoms with Gasteiger partial charge < -0.3 is 10.8 Å². The Balaban J connectivity index is 0.000000567. The van der Waals surface area contributed by atoms with E-state index in [1.54, 1.807) is 0 Å². The van der Waals surface area contributed by atoms with Crippen molar-refractivity contribution in [3.05, 3.63) is 72.7 Å². The van der Waals surface area contributed by atoms with Crippen LogP contribution in [0.1, 0.15) is 19.0 Å². The van der Waals surface area contributed by atoms with Gasteiger partial charge in [0, 0.05) is 44.9 Å². The molecule has 7 heteroatoms. The van der Waals surface area contributed by atoms with Gasteiger partial charge in [-0.25, -0.2) is 0 Å². The van der Waals surface area contributed by atoms with Crippen LogP contribution in [0.25, 0.3) is 42.6 Å². The second kappa shape index (κ2) is 9.72. The molecule has 0 saturated carbocycles. The van der Waals surface area contributed by atoms with Gasteiger partial charge in [-0.05, 0) is 60.7 Å². The number of rotatable bonds is 5. The molecular weight excluding hydrogens is 420 g/mol. The Hall–Kier alpha value is -3.55. The van der Waals surface area contributed by atoms with Crippen LogP contribution in [0.2, 0.25) is 0 Å². The lowest BCUT2D eigenvalue weighted by molar-refractivity contribution is -0.134. The average molecular weight is 445 g/mol. The quantitative estimate of drug-likeness (QED) is 0.332. The number of carboxylic acid groups (broad SMARTS) is 1. The van der Waals surface area contributed by atoms with E-state index in [2.05, 4.69) is 63.7 Å². The van der Waals surface area contributed by atoms with E-state index in [0.29, 0.717) is 6.54 Å². The molecular formula is C25H24N4O2S. The summed E-state index contributed by atoms with van der Waals surface area (Å²) < 4.78 is 1.29. The van der Waals surface area contributed by atoms with Crippen molar-refractivity contribution >= 4 is 38.3 Å². The third-order valence-corrected chi connectivity index (χ3v) is 6.21. The summed E-state index contributed by atoms with van der Waals surface area (Å²) in [5, 5.41) is 17.3. The van der Waals surface area contributed by atoms with Crippen LogP contribution in [0.4, 0.5) is 0 Å². The zero-order valence-electron chi connectivity index (χ0n) is 17.7. The van der Waals surface area contributed by atoms with Gasteiger partial charge in [0.25, 0.3) is 5.97 Å². The van der Waals surface area contributed by atoms with E-state index < -0.39 is 5.97 Å². The molecule has 2 aromatic carbocycles. The molecule has 0 aliphatic heterocycles. The number of thiophene rings is 1. The van der Waals surface area contributed by atoms with E-state index in [4.69, 9.17) is 15.6 Å². The topological polar surface area (TPSA) is 105 Å². The number of pyridine rings is 1. The predicted molar refractivity (Wildman–Crippen MR) is 131 cm³/mol. The third-order valence-electron chi connectivity index (χ3n) is 5.06. The molecule has 0 fully saturated rings. The Morgan fingerprint density at radius 3 is 2.69 bits per heavy atom. The lowest BCUT2D eigenvalue weighted by Crippen LogP contribution is -2.02. The van der Waals surface area contributed by atoms with Crippen LogP contribution >= 0.6 is 11.3 Å². The Bertz CT molecular complexity index is 1340. The van der Waals surface area contributed by atoms with Crippen LogP contribution in [0.5, 0.6) is 0 Å². The first-order chi connectivity index (χ1) is 15.6. The van der Waals surface area contributed by atoms with Crippen LogP contribution in [-0.2, 0) is 11.2 Å². The fourth-order valence-electron chi connectivity index (χ4n) is 3.69. The van der Waals surface area contributed by atoms with Crippen LogP contribution in [0.3, 0.4) is 0 Å². The molecule has 0 unspecified atom stereocenters. The van der Waals surface area contributed by atoms with Crippen LogP contribution in [0.15, 0.2) is 67.0 Å². The van der Waals surface area contributed by atoms with Crippen molar-refractivity contribution in [1.29, 1.82) is 0 Å². The van der Waals surface area contributed by atoms with Gasteiger partial charge in [-0.3, -0.25) is 14.9 Å². The molecule has 0 atom stereocenters. The van der Waals surface area contributed by atoms with Crippen LogP contribution < -0.4 is 5.73 Å². The van der Waals surface area contributed by atoms with E-state index in [0.717, 1.165) is 36.4 Å². The van der Waals surface area contributed by atoms with Crippen molar-refractivity contribution in [1.82, 2.24) is 15.2 Å². The molecule has 0 amide bonds. The number of aliphatic carboxylic acids is 1. The normalized spacial score (nSPS) is 10.8. The highest BCUT2D eigenvalue weighted by Crippen LogP contribution is 2.39. The van der Waals surface area contributed by atoms with E-state index in [9.17, 15) is 0 Å². The number of fused-ring (bicyclic) bond motifs is 2. The van der Waals surface area contributed by atoms with Crippen LogP contribution in [0, 0.1) is 0 Å². The van der Waals surface area contributed by atoms with Gasteiger partial charge in [0.15, 0.2) is 0 Å². The van der Waals surface area contributed by atoms with Gasteiger partial charge in [0.1, 0.15) is 0 Å². The predicted octanol–water partition coefficient (Wildman–Crippen LogP) is 5.49. The number of hydrogen-bond donors (Lipinski definition) is 3.